The summed E-state index contributed by atoms with van der Waals surface area (Å²) in [6, 6.07) is 5.87. The average molecular weight is 263 g/mol. The fourth-order valence-corrected chi connectivity index (χ4v) is 2.53. The molecule has 1 unspecified atom stereocenters. The van der Waals surface area contributed by atoms with Crippen LogP contribution >= 0.6 is 12.2 Å². The van der Waals surface area contributed by atoms with Gasteiger partial charge in [-0.1, -0.05) is 39.1 Å². The van der Waals surface area contributed by atoms with Gasteiger partial charge in [-0.3, -0.25) is 0 Å². The zero-order valence-corrected chi connectivity index (χ0v) is 12.1. The minimum absolute atomic E-state index is 0.357. The summed E-state index contributed by atoms with van der Waals surface area (Å²) in [6.45, 7) is 9.05. The number of anilines is 1. The number of nitrogens with two attached hydrogens (primary N) is 1. The molecule has 1 aromatic rings. The molecule has 0 saturated carbocycles. The van der Waals surface area contributed by atoms with Gasteiger partial charge in [-0.25, -0.2) is 4.98 Å². The number of rotatable bonds is 2. The van der Waals surface area contributed by atoms with Crippen LogP contribution in [0.4, 0.5) is 5.82 Å². The summed E-state index contributed by atoms with van der Waals surface area (Å²) in [4.78, 5) is 7.23. The molecule has 1 aliphatic rings. The zero-order chi connectivity index (χ0) is 13.3. The summed E-state index contributed by atoms with van der Waals surface area (Å²) in [5, 5.41) is 0. The predicted octanol–water partition coefficient (Wildman–Crippen LogP) is 2.59. The first-order valence-corrected chi connectivity index (χ1v) is 6.80. The molecule has 0 radical (unpaired) electrons. The Morgan fingerprint density at radius 2 is 2.17 bits per heavy atom. The maximum Gasteiger partial charge on any atom is 0.129 e. The fourth-order valence-electron chi connectivity index (χ4n) is 2.41. The number of thiocarbonyl (C=S) groups is 1. The average Bonchev–Trinajstić information content (AvgIpc) is 2.78. The van der Waals surface area contributed by atoms with E-state index in [0.717, 1.165) is 18.9 Å². The topological polar surface area (TPSA) is 42.1 Å². The quantitative estimate of drug-likeness (QED) is 0.833. The molecule has 0 amide bonds. The van der Waals surface area contributed by atoms with E-state index in [0.29, 0.717) is 22.0 Å². The molecule has 2 heterocycles. The van der Waals surface area contributed by atoms with E-state index in [1.54, 1.807) is 0 Å². The Bertz CT molecular complexity index is 451. The summed E-state index contributed by atoms with van der Waals surface area (Å²) in [5.74, 6) is 1.71. The van der Waals surface area contributed by atoms with Crippen molar-refractivity contribution in [2.75, 3.05) is 18.0 Å². The third kappa shape index (κ3) is 2.80. The molecule has 0 aromatic carbocycles. The third-order valence-corrected chi connectivity index (χ3v) is 3.93. The van der Waals surface area contributed by atoms with Crippen molar-refractivity contribution >= 4 is 23.0 Å². The van der Waals surface area contributed by atoms with Gasteiger partial charge >= 0.3 is 0 Å². The van der Waals surface area contributed by atoms with Crippen LogP contribution in [-0.4, -0.2) is 23.1 Å². The molecular weight excluding hydrogens is 242 g/mol. The Labute approximate surface area is 114 Å². The van der Waals surface area contributed by atoms with Gasteiger partial charge in [0.05, 0.1) is 5.69 Å². The zero-order valence-electron chi connectivity index (χ0n) is 11.3. The van der Waals surface area contributed by atoms with Gasteiger partial charge in [0.2, 0.25) is 0 Å². The molecule has 0 spiro atoms. The Hall–Kier alpha value is -1.16. The van der Waals surface area contributed by atoms with Gasteiger partial charge in [0.15, 0.2) is 0 Å². The van der Waals surface area contributed by atoms with Crippen LogP contribution in [0.15, 0.2) is 18.2 Å². The van der Waals surface area contributed by atoms with Crippen molar-refractivity contribution in [3.63, 3.8) is 0 Å². The van der Waals surface area contributed by atoms with E-state index in [2.05, 4.69) is 30.7 Å². The molecule has 3 nitrogen and oxygen atoms in total. The number of hydrogen-bond donors (Lipinski definition) is 1. The van der Waals surface area contributed by atoms with Crippen molar-refractivity contribution in [2.45, 2.75) is 27.2 Å². The second-order valence-electron chi connectivity index (χ2n) is 6.04. The SMILES string of the molecule is CC(C)(C)C1CCN(c2cccc(C(N)=S)n2)C1. The van der Waals surface area contributed by atoms with E-state index in [1.165, 1.54) is 6.42 Å². The molecule has 1 aliphatic heterocycles. The van der Waals surface area contributed by atoms with Crippen molar-refractivity contribution in [1.82, 2.24) is 4.98 Å². The largest absolute Gasteiger partial charge is 0.388 e. The molecule has 0 bridgehead atoms. The Balaban J connectivity index is 2.14. The molecule has 98 valence electrons. The highest BCUT2D eigenvalue weighted by Crippen LogP contribution is 2.35. The molecule has 1 saturated heterocycles. The van der Waals surface area contributed by atoms with Gasteiger partial charge in [-0.2, -0.15) is 0 Å². The number of aromatic nitrogens is 1. The van der Waals surface area contributed by atoms with Crippen LogP contribution in [0.5, 0.6) is 0 Å². The maximum atomic E-state index is 5.63. The number of nitrogens with zero attached hydrogens (tertiary/aromatic N) is 2. The molecule has 1 aromatic heterocycles. The van der Waals surface area contributed by atoms with Crippen molar-refractivity contribution in [3.8, 4) is 0 Å². The Morgan fingerprint density at radius 3 is 2.72 bits per heavy atom. The number of hydrogen-bond acceptors (Lipinski definition) is 3. The van der Waals surface area contributed by atoms with E-state index in [4.69, 9.17) is 18.0 Å². The normalized spacial score (nSPS) is 20.2. The Kier molecular flexibility index (Phi) is 3.57. The molecule has 2 N–H and O–H groups in total. The van der Waals surface area contributed by atoms with Crippen LogP contribution in [0, 0.1) is 11.3 Å². The highest BCUT2D eigenvalue weighted by atomic mass is 32.1. The summed E-state index contributed by atoms with van der Waals surface area (Å²) in [5.41, 5.74) is 6.69. The van der Waals surface area contributed by atoms with E-state index in [9.17, 15) is 0 Å². The lowest BCUT2D eigenvalue weighted by atomic mass is 9.80. The van der Waals surface area contributed by atoms with Crippen LogP contribution in [0.3, 0.4) is 0 Å². The van der Waals surface area contributed by atoms with Crippen molar-refractivity contribution < 1.29 is 0 Å². The van der Waals surface area contributed by atoms with E-state index in [1.807, 2.05) is 18.2 Å². The molecule has 1 atom stereocenters. The molecule has 4 heteroatoms. The lowest BCUT2D eigenvalue weighted by Crippen LogP contribution is -2.26. The van der Waals surface area contributed by atoms with Gasteiger partial charge in [0.25, 0.3) is 0 Å². The van der Waals surface area contributed by atoms with Crippen molar-refractivity contribution in [2.24, 2.45) is 17.1 Å². The molecule has 18 heavy (non-hydrogen) atoms. The summed E-state index contributed by atoms with van der Waals surface area (Å²) < 4.78 is 0. The molecule has 0 aliphatic carbocycles. The van der Waals surface area contributed by atoms with Crippen LogP contribution in [0.2, 0.25) is 0 Å². The molecule has 1 fully saturated rings. The van der Waals surface area contributed by atoms with Crippen LogP contribution in [-0.2, 0) is 0 Å². The lowest BCUT2D eigenvalue weighted by molar-refractivity contribution is 0.263. The van der Waals surface area contributed by atoms with Crippen LogP contribution < -0.4 is 10.6 Å². The maximum absolute atomic E-state index is 5.63. The minimum atomic E-state index is 0.357. The van der Waals surface area contributed by atoms with Gasteiger partial charge < -0.3 is 10.6 Å². The molecule has 2 rings (SSSR count). The van der Waals surface area contributed by atoms with E-state index in [-0.39, 0.29) is 0 Å². The van der Waals surface area contributed by atoms with Crippen LogP contribution in [0.1, 0.15) is 32.9 Å². The monoisotopic (exact) mass is 263 g/mol. The minimum Gasteiger partial charge on any atom is -0.388 e. The van der Waals surface area contributed by atoms with E-state index < -0.39 is 0 Å². The standard InChI is InChI=1S/C14H21N3S/c1-14(2,3)10-7-8-17(9-10)12-6-4-5-11(16-12)13(15)18/h4-6,10H,7-9H2,1-3H3,(H2,15,18). The van der Waals surface area contributed by atoms with Gasteiger partial charge in [-0.05, 0) is 29.9 Å². The van der Waals surface area contributed by atoms with Gasteiger partial charge in [0.1, 0.15) is 10.8 Å². The summed E-state index contributed by atoms with van der Waals surface area (Å²) in [6.07, 6.45) is 1.22. The first-order chi connectivity index (χ1) is 8.38. The first-order valence-electron chi connectivity index (χ1n) is 6.40. The van der Waals surface area contributed by atoms with Gasteiger partial charge in [-0.15, -0.1) is 0 Å². The smallest absolute Gasteiger partial charge is 0.129 e. The van der Waals surface area contributed by atoms with Crippen molar-refractivity contribution in [3.05, 3.63) is 23.9 Å². The fraction of sp³-hybridized carbons (Fsp3) is 0.571. The highest BCUT2D eigenvalue weighted by molar-refractivity contribution is 7.80. The lowest BCUT2D eigenvalue weighted by Gasteiger charge is -2.27. The number of pyridine rings is 1. The van der Waals surface area contributed by atoms with Crippen LogP contribution in [0.25, 0.3) is 0 Å². The second kappa shape index (κ2) is 4.84. The molecular formula is C14H21N3S. The first kappa shape index (κ1) is 13.3. The third-order valence-electron chi connectivity index (χ3n) is 3.72. The predicted molar refractivity (Wildman–Crippen MR) is 79.9 cm³/mol. The van der Waals surface area contributed by atoms with Crippen molar-refractivity contribution in [1.29, 1.82) is 0 Å². The van der Waals surface area contributed by atoms with E-state index >= 15 is 0 Å². The second-order valence-corrected chi connectivity index (χ2v) is 6.48. The summed E-state index contributed by atoms with van der Waals surface area (Å²) in [7, 11) is 0. The summed E-state index contributed by atoms with van der Waals surface area (Å²) >= 11 is 4.98. The highest BCUT2D eigenvalue weighted by Gasteiger charge is 2.32. The Morgan fingerprint density at radius 1 is 1.44 bits per heavy atom. The van der Waals surface area contributed by atoms with Gasteiger partial charge in [0, 0.05) is 13.1 Å².